The molecule has 1 aliphatic heterocycles. The Morgan fingerprint density at radius 2 is 1.87 bits per heavy atom. The lowest BCUT2D eigenvalue weighted by Crippen LogP contribution is -2.41. The second-order valence-corrected chi connectivity index (χ2v) is 8.43. The van der Waals surface area contributed by atoms with Gasteiger partial charge in [0.1, 0.15) is 0 Å². The molecule has 1 heterocycles. The fourth-order valence-electron chi connectivity index (χ4n) is 1.21. The van der Waals surface area contributed by atoms with Crippen molar-refractivity contribution in [3.05, 3.63) is 11.0 Å². The van der Waals surface area contributed by atoms with Crippen molar-refractivity contribution in [2.75, 3.05) is 11.5 Å². The van der Waals surface area contributed by atoms with Gasteiger partial charge in [-0.1, -0.05) is 6.08 Å². The quantitative estimate of drug-likeness (QED) is 0.752. The van der Waals surface area contributed by atoms with Crippen molar-refractivity contribution in [2.24, 2.45) is 0 Å². The van der Waals surface area contributed by atoms with Crippen LogP contribution in [0.25, 0.3) is 0 Å². The molecule has 0 saturated heterocycles. The molecule has 1 N–H and O–H groups in total. The van der Waals surface area contributed by atoms with E-state index in [1.54, 1.807) is 20.8 Å². The lowest BCUT2D eigenvalue weighted by atomic mass is 10.1. The van der Waals surface area contributed by atoms with Gasteiger partial charge in [-0.2, -0.15) is 0 Å². The molecule has 0 aromatic carbocycles. The first kappa shape index (κ1) is 12.7. The Bertz CT molecular complexity index is 479. The topological polar surface area (TPSA) is 80.3 Å². The molecule has 0 aliphatic carbocycles. The molecule has 0 fully saturated rings. The van der Waals surface area contributed by atoms with Crippen molar-refractivity contribution in [3.63, 3.8) is 0 Å². The summed E-state index contributed by atoms with van der Waals surface area (Å²) in [5.74, 6) is -0.578. The second kappa shape index (κ2) is 3.57. The Labute approximate surface area is 90.5 Å². The van der Waals surface area contributed by atoms with Crippen LogP contribution in [0.3, 0.4) is 0 Å². The summed E-state index contributed by atoms with van der Waals surface area (Å²) in [7, 11) is -6.90. The number of sulfone groups is 1. The molecule has 0 unspecified atom stereocenters. The number of nitrogens with one attached hydrogen (secondary N) is 1. The molecule has 0 aromatic heterocycles. The van der Waals surface area contributed by atoms with Crippen molar-refractivity contribution in [3.8, 4) is 0 Å². The Morgan fingerprint density at radius 3 is 2.20 bits per heavy atom. The van der Waals surface area contributed by atoms with Crippen LogP contribution >= 0.6 is 0 Å². The third kappa shape index (κ3) is 3.58. The predicted octanol–water partition coefficient (Wildman–Crippen LogP) is 0.0166. The lowest BCUT2D eigenvalue weighted by Gasteiger charge is -2.20. The van der Waals surface area contributed by atoms with Crippen LogP contribution in [0.2, 0.25) is 0 Å². The van der Waals surface area contributed by atoms with Crippen molar-refractivity contribution >= 4 is 19.9 Å². The fourth-order valence-corrected chi connectivity index (χ4v) is 4.84. The standard InChI is InChI=1S/C8H15NO4S2/c1-8(2,3)9-15(12,13)7-4-5-14(10,11)6-7/h4,9H,5-6H2,1-3H3. The van der Waals surface area contributed by atoms with Crippen LogP contribution in [0.4, 0.5) is 0 Å². The fraction of sp³-hybridized carbons (Fsp3) is 0.750. The van der Waals surface area contributed by atoms with E-state index < -0.39 is 31.2 Å². The van der Waals surface area contributed by atoms with Crippen LogP contribution in [-0.4, -0.2) is 33.9 Å². The van der Waals surface area contributed by atoms with Gasteiger partial charge in [0.2, 0.25) is 10.0 Å². The minimum absolute atomic E-state index is 0.0441. The van der Waals surface area contributed by atoms with Crippen LogP contribution in [0, 0.1) is 0 Å². The summed E-state index contributed by atoms with van der Waals surface area (Å²) in [5, 5.41) is 0. The normalized spacial score (nSPS) is 21.4. The highest BCUT2D eigenvalue weighted by molar-refractivity contribution is 7.97. The largest absolute Gasteiger partial charge is 0.237 e. The van der Waals surface area contributed by atoms with Gasteiger partial charge in [-0.25, -0.2) is 21.6 Å². The second-order valence-electron chi connectivity index (χ2n) is 4.58. The number of rotatable bonds is 2. The van der Waals surface area contributed by atoms with E-state index in [4.69, 9.17) is 0 Å². The van der Waals surface area contributed by atoms with E-state index in [1.807, 2.05) is 0 Å². The molecular formula is C8H15NO4S2. The third-order valence-electron chi connectivity index (χ3n) is 1.71. The van der Waals surface area contributed by atoms with E-state index in [9.17, 15) is 16.8 Å². The van der Waals surface area contributed by atoms with Gasteiger partial charge < -0.3 is 0 Å². The van der Waals surface area contributed by atoms with Crippen molar-refractivity contribution < 1.29 is 16.8 Å². The minimum Gasteiger partial charge on any atom is -0.228 e. The molecule has 0 bridgehead atoms. The maximum Gasteiger partial charge on any atom is 0.237 e. The molecular weight excluding hydrogens is 238 g/mol. The zero-order valence-electron chi connectivity index (χ0n) is 8.94. The number of hydrogen-bond donors (Lipinski definition) is 1. The van der Waals surface area contributed by atoms with Crippen LogP contribution in [0.5, 0.6) is 0 Å². The highest BCUT2D eigenvalue weighted by atomic mass is 32.2. The van der Waals surface area contributed by atoms with Crippen molar-refractivity contribution in [1.82, 2.24) is 4.72 Å². The molecule has 15 heavy (non-hydrogen) atoms. The molecule has 0 saturated carbocycles. The average Bonchev–Trinajstić information content (AvgIpc) is 2.25. The molecule has 1 rings (SSSR count). The van der Waals surface area contributed by atoms with Crippen LogP contribution < -0.4 is 4.72 Å². The summed E-state index contributed by atoms with van der Waals surface area (Å²) in [6.07, 6.45) is 1.25. The molecule has 0 aromatic rings. The number of hydrogen-bond acceptors (Lipinski definition) is 4. The monoisotopic (exact) mass is 253 g/mol. The Hall–Kier alpha value is -0.400. The van der Waals surface area contributed by atoms with Gasteiger partial charge >= 0.3 is 0 Å². The average molecular weight is 253 g/mol. The maximum absolute atomic E-state index is 11.7. The minimum atomic E-state index is -3.66. The van der Waals surface area contributed by atoms with E-state index in [-0.39, 0.29) is 10.7 Å². The molecule has 0 spiro atoms. The Morgan fingerprint density at radius 1 is 1.33 bits per heavy atom. The summed E-state index contributed by atoms with van der Waals surface area (Å²) >= 11 is 0. The SMILES string of the molecule is CC(C)(C)NS(=O)(=O)C1=CCS(=O)(=O)C1. The van der Waals surface area contributed by atoms with E-state index >= 15 is 0 Å². The summed E-state index contributed by atoms with van der Waals surface area (Å²) in [6.45, 7) is 5.11. The van der Waals surface area contributed by atoms with Crippen LogP contribution in [0.1, 0.15) is 20.8 Å². The summed E-state index contributed by atoms with van der Waals surface area (Å²) in [4.78, 5) is -0.0441. The molecule has 0 amide bonds. The number of sulfonamides is 1. The third-order valence-corrected chi connectivity index (χ3v) is 5.20. The Kier molecular flexibility index (Phi) is 3.01. The van der Waals surface area contributed by atoms with Crippen molar-refractivity contribution in [2.45, 2.75) is 26.3 Å². The molecule has 0 radical (unpaired) electrons. The Balaban J connectivity index is 2.92. The predicted molar refractivity (Wildman–Crippen MR) is 58.5 cm³/mol. The van der Waals surface area contributed by atoms with Gasteiger partial charge in [-0.05, 0) is 20.8 Å². The molecule has 1 aliphatic rings. The molecule has 7 heteroatoms. The summed E-state index contributed by atoms with van der Waals surface area (Å²) in [6, 6.07) is 0. The van der Waals surface area contributed by atoms with Gasteiger partial charge in [0, 0.05) is 5.54 Å². The molecule has 0 atom stereocenters. The van der Waals surface area contributed by atoms with Gasteiger partial charge in [0.15, 0.2) is 9.84 Å². The first-order valence-corrected chi connectivity index (χ1v) is 7.76. The smallest absolute Gasteiger partial charge is 0.228 e. The zero-order chi connectivity index (χ0) is 11.9. The first-order chi connectivity index (χ1) is 6.52. The highest BCUT2D eigenvalue weighted by Crippen LogP contribution is 2.18. The van der Waals surface area contributed by atoms with E-state index in [2.05, 4.69) is 4.72 Å². The van der Waals surface area contributed by atoms with Gasteiger partial charge in [0.25, 0.3) is 0 Å². The highest BCUT2D eigenvalue weighted by Gasteiger charge is 2.31. The van der Waals surface area contributed by atoms with E-state index in [0.29, 0.717) is 0 Å². The van der Waals surface area contributed by atoms with Gasteiger partial charge in [-0.15, -0.1) is 0 Å². The first-order valence-electron chi connectivity index (χ1n) is 4.45. The van der Waals surface area contributed by atoms with Crippen LogP contribution in [0.15, 0.2) is 11.0 Å². The van der Waals surface area contributed by atoms with E-state index in [1.165, 1.54) is 6.08 Å². The van der Waals surface area contributed by atoms with E-state index in [0.717, 1.165) is 0 Å². The molecule has 88 valence electrons. The van der Waals surface area contributed by atoms with Crippen LogP contribution in [-0.2, 0) is 19.9 Å². The zero-order valence-corrected chi connectivity index (χ0v) is 10.6. The maximum atomic E-state index is 11.7. The summed E-state index contributed by atoms with van der Waals surface area (Å²) < 4.78 is 48.0. The summed E-state index contributed by atoms with van der Waals surface area (Å²) in [5.41, 5.74) is -0.605. The van der Waals surface area contributed by atoms with Gasteiger partial charge in [0.05, 0.1) is 16.4 Å². The van der Waals surface area contributed by atoms with Gasteiger partial charge in [-0.3, -0.25) is 0 Å². The van der Waals surface area contributed by atoms with Crippen molar-refractivity contribution in [1.29, 1.82) is 0 Å². The molecule has 5 nitrogen and oxygen atoms in total. The lowest BCUT2D eigenvalue weighted by molar-refractivity contribution is 0.495.